The molecule has 1 atom stereocenters. The van der Waals surface area contributed by atoms with Gasteiger partial charge in [-0.1, -0.05) is 48.5 Å². The van der Waals surface area contributed by atoms with Crippen LogP contribution in [0.2, 0.25) is 0 Å². The second-order valence-electron chi connectivity index (χ2n) is 8.56. The number of H-pyrrole nitrogens is 1. The summed E-state index contributed by atoms with van der Waals surface area (Å²) < 4.78 is 5.26. The summed E-state index contributed by atoms with van der Waals surface area (Å²) in [5.74, 6) is -1.47. The fourth-order valence-corrected chi connectivity index (χ4v) is 4.15. The number of nitro groups is 1. The van der Waals surface area contributed by atoms with Crippen LogP contribution in [-0.4, -0.2) is 44.5 Å². The lowest BCUT2D eigenvalue weighted by Gasteiger charge is -2.16. The number of nitrogens with one attached hydrogen (secondary N) is 2. The van der Waals surface area contributed by atoms with Crippen LogP contribution in [0.3, 0.4) is 0 Å². The molecule has 1 amide bonds. The molecule has 3 aromatic carbocycles. The Balaban J connectivity index is 1.48. The average Bonchev–Trinajstić information content (AvgIpc) is 3.33. The SMILES string of the molecule is O=C(N[C@@H](CO)C(=O)OCc1ccccc1)c1cc2c([nH]c3ccccc32)c(-c2ccc([N+](=O)[O-])cc2)n1. The third-order valence-corrected chi connectivity index (χ3v) is 6.08. The molecule has 0 fully saturated rings. The van der Waals surface area contributed by atoms with Gasteiger partial charge in [0.15, 0.2) is 6.04 Å². The summed E-state index contributed by atoms with van der Waals surface area (Å²) in [5.41, 5.74) is 3.14. The van der Waals surface area contributed by atoms with Gasteiger partial charge in [-0.3, -0.25) is 14.9 Å². The van der Waals surface area contributed by atoms with Gasteiger partial charge < -0.3 is 20.1 Å². The fraction of sp³-hybridized carbons (Fsp3) is 0.107. The molecule has 5 rings (SSSR count). The Hall–Kier alpha value is -5.09. The molecule has 0 bridgehead atoms. The van der Waals surface area contributed by atoms with Crippen LogP contribution in [-0.2, 0) is 16.1 Å². The number of hydrogen-bond donors (Lipinski definition) is 3. The summed E-state index contributed by atoms with van der Waals surface area (Å²) in [6.07, 6.45) is 0. The van der Waals surface area contributed by atoms with Gasteiger partial charge in [0, 0.05) is 34.0 Å². The van der Waals surface area contributed by atoms with Crippen molar-refractivity contribution in [2.24, 2.45) is 0 Å². The highest BCUT2D eigenvalue weighted by Crippen LogP contribution is 2.33. The van der Waals surface area contributed by atoms with Crippen molar-refractivity contribution < 1.29 is 24.4 Å². The first-order chi connectivity index (χ1) is 18.4. The van der Waals surface area contributed by atoms with Gasteiger partial charge in [0.05, 0.1) is 22.7 Å². The van der Waals surface area contributed by atoms with E-state index < -0.39 is 29.4 Å². The number of pyridine rings is 1. The highest BCUT2D eigenvalue weighted by Gasteiger charge is 2.24. The van der Waals surface area contributed by atoms with E-state index in [2.05, 4.69) is 15.3 Å². The first-order valence-electron chi connectivity index (χ1n) is 11.7. The smallest absolute Gasteiger partial charge is 0.331 e. The van der Waals surface area contributed by atoms with Crippen molar-refractivity contribution in [2.45, 2.75) is 12.6 Å². The van der Waals surface area contributed by atoms with Crippen LogP contribution < -0.4 is 5.32 Å². The van der Waals surface area contributed by atoms with E-state index in [1.165, 1.54) is 12.1 Å². The number of para-hydroxylation sites is 1. The molecule has 190 valence electrons. The Morgan fingerprint density at radius 2 is 1.71 bits per heavy atom. The van der Waals surface area contributed by atoms with Crippen molar-refractivity contribution in [3.8, 4) is 11.3 Å². The van der Waals surface area contributed by atoms with Gasteiger partial charge in [-0.15, -0.1) is 0 Å². The fourth-order valence-electron chi connectivity index (χ4n) is 4.15. The standard InChI is InChI=1S/C28H22N4O6/c33-15-24(28(35)38-16-17-6-2-1-3-7-17)31-27(34)23-14-21-20-8-4-5-9-22(20)29-26(21)25(30-23)18-10-12-19(13-11-18)32(36)37/h1-14,24,29,33H,15-16H2,(H,31,34)/t24-/m0/s1. The average molecular weight is 511 g/mol. The minimum atomic E-state index is -1.30. The summed E-state index contributed by atoms with van der Waals surface area (Å²) in [7, 11) is 0. The molecule has 3 N–H and O–H groups in total. The van der Waals surface area contributed by atoms with E-state index in [9.17, 15) is 24.8 Å². The minimum absolute atomic E-state index is 0.00408. The van der Waals surface area contributed by atoms with Gasteiger partial charge >= 0.3 is 5.97 Å². The van der Waals surface area contributed by atoms with E-state index in [1.54, 1.807) is 30.3 Å². The molecule has 0 saturated heterocycles. The van der Waals surface area contributed by atoms with Crippen LogP contribution in [0.5, 0.6) is 0 Å². The monoisotopic (exact) mass is 510 g/mol. The van der Waals surface area contributed by atoms with Crippen molar-refractivity contribution >= 4 is 39.4 Å². The van der Waals surface area contributed by atoms with Crippen LogP contribution in [0.25, 0.3) is 33.1 Å². The Morgan fingerprint density at radius 1 is 1.00 bits per heavy atom. The number of aliphatic hydroxyl groups is 1. The molecule has 0 aliphatic rings. The molecule has 0 aliphatic heterocycles. The second kappa shape index (κ2) is 10.5. The Labute approximate surface area is 216 Å². The van der Waals surface area contributed by atoms with Gasteiger partial charge in [-0.25, -0.2) is 9.78 Å². The minimum Gasteiger partial charge on any atom is -0.459 e. The molecule has 0 radical (unpaired) electrons. The molecule has 0 spiro atoms. The quantitative estimate of drug-likeness (QED) is 0.162. The third-order valence-electron chi connectivity index (χ3n) is 6.08. The maximum Gasteiger partial charge on any atom is 0.331 e. The zero-order chi connectivity index (χ0) is 26.6. The van der Waals surface area contributed by atoms with E-state index in [4.69, 9.17) is 4.74 Å². The Kier molecular flexibility index (Phi) is 6.79. The van der Waals surface area contributed by atoms with Crippen LogP contribution in [0, 0.1) is 10.1 Å². The molecular weight excluding hydrogens is 488 g/mol. The molecule has 38 heavy (non-hydrogen) atoms. The molecule has 10 heteroatoms. The number of ether oxygens (including phenoxy) is 1. The number of non-ortho nitro benzene ring substituents is 1. The van der Waals surface area contributed by atoms with Crippen LogP contribution in [0.15, 0.2) is 84.9 Å². The molecule has 5 aromatic rings. The molecule has 0 unspecified atom stereocenters. The number of aromatic nitrogens is 2. The first kappa shape index (κ1) is 24.6. The maximum absolute atomic E-state index is 13.2. The molecule has 0 saturated carbocycles. The molecule has 2 aromatic heterocycles. The van der Waals surface area contributed by atoms with Crippen molar-refractivity contribution in [2.75, 3.05) is 6.61 Å². The number of fused-ring (bicyclic) bond motifs is 3. The van der Waals surface area contributed by atoms with E-state index in [-0.39, 0.29) is 18.0 Å². The number of esters is 1. The van der Waals surface area contributed by atoms with E-state index in [0.29, 0.717) is 22.2 Å². The number of nitrogens with zero attached hydrogens (tertiary/aromatic N) is 2. The molecule has 10 nitrogen and oxygen atoms in total. The summed E-state index contributed by atoms with van der Waals surface area (Å²) in [6, 6.07) is 22.7. The van der Waals surface area contributed by atoms with E-state index in [0.717, 1.165) is 16.5 Å². The van der Waals surface area contributed by atoms with E-state index in [1.807, 2.05) is 42.5 Å². The summed E-state index contributed by atoms with van der Waals surface area (Å²) >= 11 is 0. The number of carbonyl (C=O) groups excluding carboxylic acids is 2. The summed E-state index contributed by atoms with van der Waals surface area (Å²) in [6.45, 7) is -0.667. The van der Waals surface area contributed by atoms with Crippen LogP contribution >= 0.6 is 0 Å². The normalized spacial score (nSPS) is 11.8. The number of benzene rings is 3. The third kappa shape index (κ3) is 4.93. The number of rotatable bonds is 8. The van der Waals surface area contributed by atoms with Crippen LogP contribution in [0.1, 0.15) is 16.1 Å². The highest BCUT2D eigenvalue weighted by atomic mass is 16.6. The van der Waals surface area contributed by atoms with Crippen molar-refractivity contribution in [3.63, 3.8) is 0 Å². The highest BCUT2D eigenvalue weighted by molar-refractivity contribution is 6.13. The largest absolute Gasteiger partial charge is 0.459 e. The van der Waals surface area contributed by atoms with E-state index >= 15 is 0 Å². The number of nitro benzene ring substituents is 1. The van der Waals surface area contributed by atoms with Gasteiger partial charge in [-0.2, -0.15) is 0 Å². The van der Waals surface area contributed by atoms with Crippen molar-refractivity contribution in [1.29, 1.82) is 0 Å². The lowest BCUT2D eigenvalue weighted by Crippen LogP contribution is -2.44. The summed E-state index contributed by atoms with van der Waals surface area (Å²) in [5, 5.41) is 24.9. The number of carbonyl (C=O) groups is 2. The van der Waals surface area contributed by atoms with Gasteiger partial charge in [0.1, 0.15) is 12.3 Å². The lowest BCUT2D eigenvalue weighted by atomic mass is 10.1. The topological polar surface area (TPSA) is 147 Å². The zero-order valence-electron chi connectivity index (χ0n) is 20.0. The molecular formula is C28H22N4O6. The number of aromatic amines is 1. The first-order valence-corrected chi connectivity index (χ1v) is 11.7. The second-order valence-corrected chi connectivity index (χ2v) is 8.56. The van der Waals surface area contributed by atoms with Crippen molar-refractivity contribution in [3.05, 3.63) is 106 Å². The maximum atomic E-state index is 13.2. The van der Waals surface area contributed by atoms with Crippen molar-refractivity contribution in [1.82, 2.24) is 15.3 Å². The molecule has 0 aliphatic carbocycles. The summed E-state index contributed by atoms with van der Waals surface area (Å²) in [4.78, 5) is 44.2. The Morgan fingerprint density at radius 3 is 2.42 bits per heavy atom. The predicted octanol–water partition coefficient (Wildman–Crippen LogP) is 4.13. The lowest BCUT2D eigenvalue weighted by molar-refractivity contribution is -0.384. The number of hydrogen-bond acceptors (Lipinski definition) is 7. The Bertz CT molecular complexity index is 1650. The number of amides is 1. The zero-order valence-corrected chi connectivity index (χ0v) is 20.0. The van der Waals surface area contributed by atoms with Gasteiger partial charge in [0.25, 0.3) is 11.6 Å². The number of aliphatic hydroxyl groups excluding tert-OH is 1. The van der Waals surface area contributed by atoms with Gasteiger partial charge in [0.2, 0.25) is 0 Å². The van der Waals surface area contributed by atoms with Crippen LogP contribution in [0.4, 0.5) is 5.69 Å². The van der Waals surface area contributed by atoms with Gasteiger partial charge in [-0.05, 0) is 29.8 Å². The predicted molar refractivity (Wildman–Crippen MR) is 140 cm³/mol. The molecule has 2 heterocycles.